The fraction of sp³-hybridized carbons (Fsp3) is 0.667. The average Bonchev–Trinajstić information content (AvgIpc) is 2.42. The van der Waals surface area contributed by atoms with Crippen molar-refractivity contribution in [3.8, 4) is 0 Å². The SMILES string of the molecule is CCCC1CCC(Cc2ncccn2)(C(=O)O)CC1. The van der Waals surface area contributed by atoms with E-state index < -0.39 is 11.4 Å². The molecular weight excluding hydrogens is 240 g/mol. The Morgan fingerprint density at radius 1 is 1.37 bits per heavy atom. The van der Waals surface area contributed by atoms with E-state index in [0.29, 0.717) is 18.2 Å². The van der Waals surface area contributed by atoms with Crippen LogP contribution in [0, 0.1) is 11.3 Å². The summed E-state index contributed by atoms with van der Waals surface area (Å²) in [4.78, 5) is 20.1. The molecule has 0 saturated heterocycles. The van der Waals surface area contributed by atoms with Gasteiger partial charge in [-0.1, -0.05) is 19.8 Å². The molecule has 1 aliphatic carbocycles. The second-order valence-corrected chi connectivity index (χ2v) is 5.66. The van der Waals surface area contributed by atoms with Gasteiger partial charge in [-0.25, -0.2) is 9.97 Å². The highest BCUT2D eigenvalue weighted by Gasteiger charge is 2.42. The Labute approximate surface area is 114 Å². The Balaban J connectivity index is 2.06. The third-order valence-electron chi connectivity index (χ3n) is 4.33. The number of aromatic nitrogens is 2. The Hall–Kier alpha value is -1.45. The Kier molecular flexibility index (Phi) is 4.51. The zero-order chi connectivity index (χ0) is 13.7. The van der Waals surface area contributed by atoms with Crippen LogP contribution in [0.1, 0.15) is 51.3 Å². The summed E-state index contributed by atoms with van der Waals surface area (Å²) in [7, 11) is 0. The van der Waals surface area contributed by atoms with Gasteiger partial charge in [-0.15, -0.1) is 0 Å². The summed E-state index contributed by atoms with van der Waals surface area (Å²) >= 11 is 0. The summed E-state index contributed by atoms with van der Waals surface area (Å²) in [6, 6.07) is 1.76. The van der Waals surface area contributed by atoms with Gasteiger partial charge in [0.05, 0.1) is 5.41 Å². The van der Waals surface area contributed by atoms with Crippen molar-refractivity contribution in [2.24, 2.45) is 11.3 Å². The Bertz CT molecular complexity index is 411. The molecule has 0 radical (unpaired) electrons. The molecule has 0 unspecified atom stereocenters. The van der Waals surface area contributed by atoms with Crippen molar-refractivity contribution in [2.75, 3.05) is 0 Å². The standard InChI is InChI=1S/C15H22N2O2/c1-2-4-12-5-7-15(8-6-12,14(18)19)11-13-16-9-3-10-17-13/h3,9-10,12H,2,4-8,11H2,1H3,(H,18,19). The predicted molar refractivity (Wildman–Crippen MR) is 72.7 cm³/mol. The van der Waals surface area contributed by atoms with E-state index >= 15 is 0 Å². The molecular formula is C15H22N2O2. The maximum absolute atomic E-state index is 11.7. The summed E-state index contributed by atoms with van der Waals surface area (Å²) in [5.74, 6) is 0.669. The summed E-state index contributed by atoms with van der Waals surface area (Å²) in [6.07, 6.45) is 9.78. The number of carboxylic acid groups (broad SMARTS) is 1. The third-order valence-corrected chi connectivity index (χ3v) is 4.33. The van der Waals surface area contributed by atoms with E-state index in [4.69, 9.17) is 0 Å². The molecule has 1 aliphatic rings. The minimum Gasteiger partial charge on any atom is -0.481 e. The minimum absolute atomic E-state index is 0.460. The number of aliphatic carboxylic acids is 1. The molecule has 4 nitrogen and oxygen atoms in total. The van der Waals surface area contributed by atoms with Gasteiger partial charge < -0.3 is 5.11 Å². The van der Waals surface area contributed by atoms with Crippen molar-refractivity contribution in [3.63, 3.8) is 0 Å². The van der Waals surface area contributed by atoms with Crippen molar-refractivity contribution in [2.45, 2.75) is 51.9 Å². The molecule has 0 amide bonds. The van der Waals surface area contributed by atoms with Crippen LogP contribution >= 0.6 is 0 Å². The highest BCUT2D eigenvalue weighted by Crippen LogP contribution is 2.42. The van der Waals surface area contributed by atoms with Crippen molar-refractivity contribution in [3.05, 3.63) is 24.3 Å². The van der Waals surface area contributed by atoms with E-state index in [1.807, 2.05) is 0 Å². The van der Waals surface area contributed by atoms with Gasteiger partial charge in [-0.05, 0) is 37.7 Å². The van der Waals surface area contributed by atoms with Gasteiger partial charge >= 0.3 is 5.97 Å². The highest BCUT2D eigenvalue weighted by atomic mass is 16.4. The second kappa shape index (κ2) is 6.13. The van der Waals surface area contributed by atoms with Crippen LogP contribution < -0.4 is 0 Å². The summed E-state index contributed by atoms with van der Waals surface area (Å²) < 4.78 is 0. The average molecular weight is 262 g/mol. The Morgan fingerprint density at radius 2 is 2.00 bits per heavy atom. The third kappa shape index (κ3) is 3.31. The lowest BCUT2D eigenvalue weighted by molar-refractivity contribution is -0.151. The lowest BCUT2D eigenvalue weighted by atomic mass is 9.67. The molecule has 0 aromatic carbocycles. The first-order valence-electron chi connectivity index (χ1n) is 7.15. The molecule has 2 rings (SSSR count). The van der Waals surface area contributed by atoms with Gasteiger partial charge in [0.1, 0.15) is 5.82 Å². The van der Waals surface area contributed by atoms with E-state index in [1.54, 1.807) is 18.5 Å². The lowest BCUT2D eigenvalue weighted by Gasteiger charge is -2.36. The topological polar surface area (TPSA) is 63.1 Å². The molecule has 0 bridgehead atoms. The molecule has 19 heavy (non-hydrogen) atoms. The van der Waals surface area contributed by atoms with Crippen LogP contribution in [0.2, 0.25) is 0 Å². The first kappa shape index (κ1) is 14.0. The van der Waals surface area contributed by atoms with Gasteiger partial charge in [-0.2, -0.15) is 0 Å². The molecule has 0 aliphatic heterocycles. The van der Waals surface area contributed by atoms with Gasteiger partial charge in [0, 0.05) is 18.8 Å². The molecule has 104 valence electrons. The second-order valence-electron chi connectivity index (χ2n) is 5.66. The molecule has 0 atom stereocenters. The number of nitrogens with zero attached hydrogens (tertiary/aromatic N) is 2. The maximum Gasteiger partial charge on any atom is 0.310 e. The first-order chi connectivity index (χ1) is 9.16. The molecule has 1 aromatic heterocycles. The molecule has 0 spiro atoms. The number of carbonyl (C=O) groups is 1. The number of carboxylic acids is 1. The normalized spacial score (nSPS) is 27.1. The number of hydrogen-bond donors (Lipinski definition) is 1. The maximum atomic E-state index is 11.7. The lowest BCUT2D eigenvalue weighted by Crippen LogP contribution is -2.38. The van der Waals surface area contributed by atoms with E-state index in [2.05, 4.69) is 16.9 Å². The van der Waals surface area contributed by atoms with Crippen LogP contribution in [-0.2, 0) is 11.2 Å². The number of hydrogen-bond acceptors (Lipinski definition) is 3. The predicted octanol–water partition coefficient (Wildman–Crippen LogP) is 3.08. The van der Waals surface area contributed by atoms with Crippen LogP contribution in [-0.4, -0.2) is 21.0 Å². The smallest absolute Gasteiger partial charge is 0.310 e. The van der Waals surface area contributed by atoms with E-state index in [9.17, 15) is 9.90 Å². The van der Waals surface area contributed by atoms with Crippen LogP contribution in [0.25, 0.3) is 0 Å². The minimum atomic E-state index is -0.685. The Morgan fingerprint density at radius 3 is 2.53 bits per heavy atom. The quantitative estimate of drug-likeness (QED) is 0.885. The fourth-order valence-electron chi connectivity index (χ4n) is 3.12. The van der Waals surface area contributed by atoms with Crippen molar-refractivity contribution < 1.29 is 9.90 Å². The van der Waals surface area contributed by atoms with Gasteiger partial charge in [0.15, 0.2) is 0 Å². The van der Waals surface area contributed by atoms with Crippen LogP contribution in [0.15, 0.2) is 18.5 Å². The summed E-state index contributed by atoms with van der Waals surface area (Å²) in [6.45, 7) is 2.19. The van der Waals surface area contributed by atoms with Gasteiger partial charge in [0.2, 0.25) is 0 Å². The van der Waals surface area contributed by atoms with E-state index in [0.717, 1.165) is 25.7 Å². The van der Waals surface area contributed by atoms with Gasteiger partial charge in [0.25, 0.3) is 0 Å². The fourth-order valence-corrected chi connectivity index (χ4v) is 3.12. The molecule has 1 N–H and O–H groups in total. The summed E-state index contributed by atoms with van der Waals surface area (Å²) in [5, 5.41) is 9.61. The first-order valence-corrected chi connectivity index (χ1v) is 7.15. The molecule has 4 heteroatoms. The van der Waals surface area contributed by atoms with Crippen LogP contribution in [0.4, 0.5) is 0 Å². The van der Waals surface area contributed by atoms with E-state index in [1.165, 1.54) is 12.8 Å². The zero-order valence-corrected chi connectivity index (χ0v) is 11.5. The van der Waals surface area contributed by atoms with Crippen LogP contribution in [0.5, 0.6) is 0 Å². The van der Waals surface area contributed by atoms with Crippen LogP contribution in [0.3, 0.4) is 0 Å². The van der Waals surface area contributed by atoms with Crippen molar-refractivity contribution in [1.82, 2.24) is 9.97 Å². The molecule has 1 aromatic rings. The van der Waals surface area contributed by atoms with E-state index in [-0.39, 0.29) is 0 Å². The molecule has 1 heterocycles. The number of rotatable bonds is 5. The molecule has 1 fully saturated rings. The van der Waals surface area contributed by atoms with Crippen molar-refractivity contribution >= 4 is 5.97 Å². The molecule has 1 saturated carbocycles. The van der Waals surface area contributed by atoms with Gasteiger partial charge in [-0.3, -0.25) is 4.79 Å². The summed E-state index contributed by atoms with van der Waals surface area (Å²) in [5.41, 5.74) is -0.647. The largest absolute Gasteiger partial charge is 0.481 e. The highest BCUT2D eigenvalue weighted by molar-refractivity contribution is 5.75. The zero-order valence-electron chi connectivity index (χ0n) is 11.5. The van der Waals surface area contributed by atoms with Crippen molar-refractivity contribution in [1.29, 1.82) is 0 Å². The monoisotopic (exact) mass is 262 g/mol.